The number of carbonyl (C=O) groups excluding carboxylic acids is 2. The van der Waals surface area contributed by atoms with Crippen LogP contribution in [-0.4, -0.2) is 35.0 Å². The smallest absolute Gasteiger partial charge is 0.416 e. The van der Waals surface area contributed by atoms with Gasteiger partial charge in [-0.2, -0.15) is 26.3 Å². The van der Waals surface area contributed by atoms with Crippen LogP contribution >= 0.6 is 0 Å². The molecule has 0 spiro atoms. The van der Waals surface area contributed by atoms with Gasteiger partial charge in [0, 0.05) is 6.54 Å². The van der Waals surface area contributed by atoms with Crippen LogP contribution in [0, 0.1) is 0 Å². The number of carbonyl (C=O) groups is 2. The Morgan fingerprint density at radius 3 is 2.07 bits per heavy atom. The normalized spacial score (nSPS) is 15.5. The van der Waals surface area contributed by atoms with Gasteiger partial charge >= 0.3 is 18.3 Å². The fraction of sp³-hybridized carbons (Fsp3) is 0.375. The Balaban J connectivity index is 2.33. The number of rotatable bonds is 4. The Morgan fingerprint density at radius 1 is 1.11 bits per heavy atom. The van der Waals surface area contributed by atoms with Gasteiger partial charge in [-0.15, -0.1) is 0 Å². The molecule has 148 valence electrons. The van der Waals surface area contributed by atoms with Crippen LogP contribution in [-0.2, 0) is 33.2 Å². The van der Waals surface area contributed by atoms with E-state index < -0.39 is 65.3 Å². The fourth-order valence-electron chi connectivity index (χ4n) is 2.45. The summed E-state index contributed by atoms with van der Waals surface area (Å²) in [5, 5.41) is 9.70. The van der Waals surface area contributed by atoms with Gasteiger partial charge in [-0.05, 0) is 30.7 Å². The molecular weight excluding hydrogens is 384 g/mol. The second-order valence-corrected chi connectivity index (χ2v) is 5.62. The van der Waals surface area contributed by atoms with Crippen molar-refractivity contribution < 1.29 is 45.8 Å². The number of nitrogens with zero attached hydrogens (tertiary/aromatic N) is 1. The highest BCUT2D eigenvalue weighted by molar-refractivity contribution is 6.05. The lowest BCUT2D eigenvalue weighted by molar-refractivity contribution is -0.143. The third kappa shape index (κ3) is 4.52. The van der Waals surface area contributed by atoms with Crippen molar-refractivity contribution in [2.45, 2.75) is 25.8 Å². The van der Waals surface area contributed by atoms with Gasteiger partial charge in [0.05, 0.1) is 24.3 Å². The van der Waals surface area contributed by atoms with E-state index >= 15 is 0 Å². The highest BCUT2D eigenvalue weighted by Gasteiger charge is 2.38. The van der Waals surface area contributed by atoms with Crippen molar-refractivity contribution in [2.24, 2.45) is 0 Å². The van der Waals surface area contributed by atoms with Crippen LogP contribution < -0.4 is 0 Å². The highest BCUT2D eigenvalue weighted by atomic mass is 19.4. The molecule has 1 aromatic rings. The number of halogens is 6. The minimum atomic E-state index is -5.03. The third-order valence-electron chi connectivity index (χ3n) is 3.67. The molecule has 0 fully saturated rings. The molecule has 0 aliphatic carbocycles. The summed E-state index contributed by atoms with van der Waals surface area (Å²) >= 11 is 0. The number of amides is 1. The summed E-state index contributed by atoms with van der Waals surface area (Å²) in [5.41, 5.74) is -3.92. The summed E-state index contributed by atoms with van der Waals surface area (Å²) in [6.07, 6.45) is -10.1. The Morgan fingerprint density at radius 2 is 1.63 bits per heavy atom. The minimum absolute atomic E-state index is 0.0327. The number of hydrogen-bond acceptors (Lipinski definition) is 4. The zero-order valence-corrected chi connectivity index (χ0v) is 13.7. The topological polar surface area (TPSA) is 66.8 Å². The molecule has 1 amide bonds. The Labute approximate surface area is 148 Å². The first-order valence-corrected chi connectivity index (χ1v) is 7.51. The molecule has 27 heavy (non-hydrogen) atoms. The van der Waals surface area contributed by atoms with E-state index in [1.165, 1.54) is 6.92 Å². The molecule has 0 saturated heterocycles. The molecule has 0 unspecified atom stereocenters. The molecule has 0 bridgehead atoms. The van der Waals surface area contributed by atoms with Crippen molar-refractivity contribution in [1.82, 2.24) is 4.90 Å². The maximum Gasteiger partial charge on any atom is 0.416 e. The third-order valence-corrected chi connectivity index (χ3v) is 3.67. The summed E-state index contributed by atoms with van der Waals surface area (Å²) in [4.78, 5) is 24.4. The zero-order chi connectivity index (χ0) is 20.6. The molecule has 0 atom stereocenters. The van der Waals surface area contributed by atoms with Crippen LogP contribution in [0.5, 0.6) is 0 Å². The van der Waals surface area contributed by atoms with Gasteiger partial charge in [-0.1, -0.05) is 0 Å². The number of aliphatic hydroxyl groups is 1. The van der Waals surface area contributed by atoms with E-state index in [1.807, 2.05) is 0 Å². The largest absolute Gasteiger partial charge is 0.503 e. The van der Waals surface area contributed by atoms with Gasteiger partial charge in [0.15, 0.2) is 5.76 Å². The van der Waals surface area contributed by atoms with Gasteiger partial charge in [0.1, 0.15) is 5.57 Å². The number of hydrogen-bond donors (Lipinski definition) is 1. The molecule has 11 heteroatoms. The monoisotopic (exact) mass is 397 g/mol. The van der Waals surface area contributed by atoms with Gasteiger partial charge < -0.3 is 14.7 Å². The highest BCUT2D eigenvalue weighted by Crippen LogP contribution is 2.36. The van der Waals surface area contributed by atoms with Crippen molar-refractivity contribution in [1.29, 1.82) is 0 Å². The van der Waals surface area contributed by atoms with E-state index in [4.69, 9.17) is 0 Å². The van der Waals surface area contributed by atoms with E-state index in [2.05, 4.69) is 4.74 Å². The van der Waals surface area contributed by atoms with Crippen molar-refractivity contribution in [3.63, 3.8) is 0 Å². The van der Waals surface area contributed by atoms with Crippen LogP contribution in [0.4, 0.5) is 26.3 Å². The van der Waals surface area contributed by atoms with Crippen LogP contribution in [0.15, 0.2) is 29.5 Å². The average molecular weight is 397 g/mol. The van der Waals surface area contributed by atoms with Crippen LogP contribution in [0.1, 0.15) is 23.6 Å². The predicted molar refractivity (Wildman–Crippen MR) is 78.2 cm³/mol. The second-order valence-electron chi connectivity index (χ2n) is 5.62. The Bertz CT molecular complexity index is 765. The standard InChI is InChI=1S/C16H13F6NO4/c1-2-27-14(26)11-7-23(13(25)12(11)24)6-8-3-9(15(17,18)19)5-10(4-8)16(20,21)22/h3-5,24H,2,6-7H2,1H3. The Kier molecular flexibility index (Phi) is 5.43. The quantitative estimate of drug-likeness (QED) is 0.625. The van der Waals surface area contributed by atoms with E-state index in [0.29, 0.717) is 12.1 Å². The number of benzene rings is 1. The maximum absolute atomic E-state index is 12.9. The predicted octanol–water partition coefficient (Wildman–Crippen LogP) is 3.44. The fourth-order valence-corrected chi connectivity index (χ4v) is 2.45. The zero-order valence-electron chi connectivity index (χ0n) is 13.7. The van der Waals surface area contributed by atoms with E-state index in [9.17, 15) is 41.0 Å². The first-order valence-electron chi connectivity index (χ1n) is 7.51. The first-order chi connectivity index (χ1) is 12.3. The van der Waals surface area contributed by atoms with E-state index in [1.54, 1.807) is 0 Å². The molecule has 0 aromatic heterocycles. The lowest BCUT2D eigenvalue weighted by Gasteiger charge is -2.19. The molecule has 1 aliphatic heterocycles. The number of esters is 1. The van der Waals surface area contributed by atoms with Crippen LogP contribution in [0.2, 0.25) is 0 Å². The number of ether oxygens (including phenoxy) is 1. The van der Waals surface area contributed by atoms with Crippen molar-refractivity contribution in [3.8, 4) is 0 Å². The summed E-state index contributed by atoms with van der Waals surface area (Å²) in [6, 6.07) is 0.916. The summed E-state index contributed by atoms with van der Waals surface area (Å²) in [5.74, 6) is -3.04. The maximum atomic E-state index is 12.9. The lowest BCUT2D eigenvalue weighted by Crippen LogP contribution is -2.27. The average Bonchev–Trinajstić information content (AvgIpc) is 2.82. The van der Waals surface area contributed by atoms with Crippen LogP contribution in [0.3, 0.4) is 0 Å². The summed E-state index contributed by atoms with van der Waals surface area (Å²) < 4.78 is 81.9. The van der Waals surface area contributed by atoms with Gasteiger partial charge in [0.2, 0.25) is 0 Å². The minimum Gasteiger partial charge on any atom is -0.503 e. The molecule has 1 heterocycles. The van der Waals surface area contributed by atoms with Gasteiger partial charge in [-0.25, -0.2) is 4.79 Å². The molecule has 0 radical (unpaired) electrons. The number of alkyl halides is 6. The summed E-state index contributed by atoms with van der Waals surface area (Å²) in [6.45, 7) is 0.262. The van der Waals surface area contributed by atoms with Crippen LogP contribution in [0.25, 0.3) is 0 Å². The lowest BCUT2D eigenvalue weighted by atomic mass is 10.0. The van der Waals surface area contributed by atoms with Crippen molar-refractivity contribution in [3.05, 3.63) is 46.2 Å². The molecule has 5 nitrogen and oxygen atoms in total. The number of aliphatic hydroxyl groups excluding tert-OH is 1. The van der Waals surface area contributed by atoms with Crippen molar-refractivity contribution >= 4 is 11.9 Å². The van der Waals surface area contributed by atoms with Gasteiger partial charge in [-0.3, -0.25) is 4.79 Å². The van der Waals surface area contributed by atoms with Crippen molar-refractivity contribution in [2.75, 3.05) is 13.2 Å². The molecule has 0 saturated carbocycles. The van der Waals surface area contributed by atoms with Gasteiger partial charge in [0.25, 0.3) is 5.91 Å². The first kappa shape index (κ1) is 20.6. The molecular formula is C16H13F6NO4. The van der Waals surface area contributed by atoms with E-state index in [-0.39, 0.29) is 12.7 Å². The molecule has 1 N–H and O–H groups in total. The molecule has 1 aromatic carbocycles. The SMILES string of the molecule is CCOC(=O)C1=C(O)C(=O)N(Cc2cc(C(F)(F)F)cc(C(F)(F)F)c2)C1. The summed E-state index contributed by atoms with van der Waals surface area (Å²) in [7, 11) is 0. The molecule has 1 aliphatic rings. The Hall–Kier alpha value is -2.72. The molecule has 2 rings (SSSR count). The second kappa shape index (κ2) is 7.12. The van der Waals surface area contributed by atoms with E-state index in [0.717, 1.165) is 4.90 Å².